The number of allylic oxidation sites excluding steroid dienone is 7. The summed E-state index contributed by atoms with van der Waals surface area (Å²) in [5, 5.41) is 8.94. The minimum absolute atomic E-state index is 0.112. The molecule has 0 fully saturated rings. The molecular weight excluding hydrogens is 556 g/mol. The van der Waals surface area contributed by atoms with Crippen molar-refractivity contribution in [2.45, 2.75) is 38.1 Å². The topological polar surface area (TPSA) is 17.0 Å². The second kappa shape index (κ2) is 9.83. The third kappa shape index (κ3) is 3.64. The van der Waals surface area contributed by atoms with Crippen LogP contribution < -0.4 is 5.32 Å². The average molecular weight is 593 g/mol. The molecule has 9 rings (SSSR count). The van der Waals surface area contributed by atoms with Crippen molar-refractivity contribution < 1.29 is 0 Å². The summed E-state index contributed by atoms with van der Waals surface area (Å²) in [6.07, 6.45) is 15.4. The molecular formula is C44H36N2. The zero-order valence-corrected chi connectivity index (χ0v) is 26.5. The van der Waals surface area contributed by atoms with Crippen LogP contribution >= 0.6 is 0 Å². The normalized spacial score (nSPS) is 19.3. The van der Waals surface area contributed by atoms with Crippen molar-refractivity contribution in [3.8, 4) is 16.8 Å². The van der Waals surface area contributed by atoms with Gasteiger partial charge in [-0.05, 0) is 87.7 Å². The summed E-state index contributed by atoms with van der Waals surface area (Å²) in [4.78, 5) is 0. The molecule has 3 aliphatic rings. The van der Waals surface area contributed by atoms with E-state index in [-0.39, 0.29) is 5.41 Å². The lowest BCUT2D eigenvalue weighted by Crippen LogP contribution is -2.17. The Morgan fingerprint density at radius 3 is 2.35 bits per heavy atom. The van der Waals surface area contributed by atoms with E-state index in [1.807, 2.05) is 6.08 Å². The highest BCUT2D eigenvalue weighted by Crippen LogP contribution is 2.49. The third-order valence-corrected chi connectivity index (χ3v) is 10.6. The van der Waals surface area contributed by atoms with Gasteiger partial charge >= 0.3 is 0 Å². The zero-order chi connectivity index (χ0) is 31.2. The van der Waals surface area contributed by atoms with E-state index >= 15 is 0 Å². The third-order valence-electron chi connectivity index (χ3n) is 10.6. The fraction of sp³-hybridized carbons (Fsp3) is 0.136. The molecule has 2 nitrogen and oxygen atoms in total. The molecule has 46 heavy (non-hydrogen) atoms. The average Bonchev–Trinajstić information content (AvgIpc) is 3.70. The predicted molar refractivity (Wildman–Crippen MR) is 197 cm³/mol. The summed E-state index contributed by atoms with van der Waals surface area (Å²) in [5.41, 5.74) is 13.9. The predicted octanol–water partition coefficient (Wildman–Crippen LogP) is 11.4. The number of nitrogens with zero attached hydrogens (tertiary/aromatic N) is 1. The van der Waals surface area contributed by atoms with Gasteiger partial charge in [-0.15, -0.1) is 0 Å². The van der Waals surface area contributed by atoms with Gasteiger partial charge in [0.25, 0.3) is 0 Å². The molecule has 2 heterocycles. The molecule has 2 atom stereocenters. The summed E-state index contributed by atoms with van der Waals surface area (Å²) in [6.45, 7) is 10.9. The number of fused-ring (bicyclic) bond motifs is 9. The maximum absolute atomic E-state index is 4.18. The highest BCUT2D eigenvalue weighted by atomic mass is 15.0. The molecule has 1 aromatic heterocycles. The number of aromatic nitrogens is 1. The van der Waals surface area contributed by atoms with Crippen LogP contribution in [0.25, 0.3) is 55.0 Å². The van der Waals surface area contributed by atoms with Crippen LogP contribution in [0.2, 0.25) is 0 Å². The summed E-state index contributed by atoms with van der Waals surface area (Å²) in [5.74, 6) is 0.350. The fourth-order valence-corrected chi connectivity index (χ4v) is 8.42. The Labute approximate surface area is 270 Å². The minimum Gasteiger partial charge on any atom is -0.377 e. The van der Waals surface area contributed by atoms with Gasteiger partial charge in [-0.3, -0.25) is 0 Å². The van der Waals surface area contributed by atoms with Crippen LogP contribution in [0.1, 0.15) is 43.4 Å². The van der Waals surface area contributed by atoms with Gasteiger partial charge in [-0.1, -0.05) is 118 Å². The van der Waals surface area contributed by atoms with Crippen molar-refractivity contribution >= 4 is 43.8 Å². The maximum Gasteiger partial charge on any atom is 0.0552 e. The standard InChI is InChI=1S/C44H36N2/c1-5-13-38-29(6-2)31-22-21-28(25-39(31)44(38,3)4)46-41-19-12-10-16-33(41)36-24-27(20-23-42(36)46)35-26-37-32-15-9-11-18-40(32)45-43(37)34-17-8-7-14-30(34)35/h5-26,32,40,45H,2H2,1,3-4H3/b13-5-. The molecule has 0 amide bonds. The lowest BCUT2D eigenvalue weighted by molar-refractivity contribution is 0.653. The Morgan fingerprint density at radius 1 is 0.761 bits per heavy atom. The summed E-state index contributed by atoms with van der Waals surface area (Å²) in [7, 11) is 0. The molecule has 0 radical (unpaired) electrons. The van der Waals surface area contributed by atoms with E-state index in [9.17, 15) is 0 Å². The van der Waals surface area contributed by atoms with E-state index < -0.39 is 0 Å². The van der Waals surface area contributed by atoms with Crippen molar-refractivity contribution in [1.29, 1.82) is 0 Å². The van der Waals surface area contributed by atoms with Crippen LogP contribution in [0.4, 0.5) is 5.69 Å². The lowest BCUT2D eigenvalue weighted by Gasteiger charge is -2.23. The molecule has 2 unspecified atom stereocenters. The van der Waals surface area contributed by atoms with Crippen LogP contribution in [0.3, 0.4) is 0 Å². The Bertz CT molecular complexity index is 2400. The molecule has 6 aromatic rings. The first-order valence-electron chi connectivity index (χ1n) is 16.4. The number of nitrogens with one attached hydrogen (secondary N) is 1. The highest BCUT2D eigenvalue weighted by molar-refractivity contribution is 6.12. The van der Waals surface area contributed by atoms with Crippen molar-refractivity contribution in [3.63, 3.8) is 0 Å². The Kier molecular flexibility index (Phi) is 5.77. The van der Waals surface area contributed by atoms with Gasteiger partial charge in [0.15, 0.2) is 0 Å². The molecule has 2 heteroatoms. The number of hydrogen-bond acceptors (Lipinski definition) is 1. The molecule has 0 saturated carbocycles. The Morgan fingerprint density at radius 2 is 1.52 bits per heavy atom. The first-order chi connectivity index (χ1) is 22.5. The van der Waals surface area contributed by atoms with Gasteiger partial charge in [0.05, 0.1) is 17.1 Å². The zero-order valence-electron chi connectivity index (χ0n) is 26.5. The Hall–Kier alpha value is -5.34. The van der Waals surface area contributed by atoms with Gasteiger partial charge in [-0.2, -0.15) is 0 Å². The van der Waals surface area contributed by atoms with Crippen LogP contribution in [-0.2, 0) is 5.41 Å². The van der Waals surface area contributed by atoms with Crippen molar-refractivity contribution in [2.75, 3.05) is 5.32 Å². The van der Waals surface area contributed by atoms with Gasteiger partial charge in [0, 0.05) is 38.9 Å². The van der Waals surface area contributed by atoms with E-state index in [4.69, 9.17) is 0 Å². The van der Waals surface area contributed by atoms with Crippen LogP contribution in [-0.4, -0.2) is 10.6 Å². The molecule has 0 spiro atoms. The summed E-state index contributed by atoms with van der Waals surface area (Å²) < 4.78 is 2.44. The van der Waals surface area contributed by atoms with Gasteiger partial charge < -0.3 is 9.88 Å². The van der Waals surface area contributed by atoms with Crippen molar-refractivity contribution in [1.82, 2.24) is 4.57 Å². The fourth-order valence-electron chi connectivity index (χ4n) is 8.42. The minimum atomic E-state index is -0.112. The van der Waals surface area contributed by atoms with E-state index in [2.05, 4.69) is 165 Å². The maximum atomic E-state index is 4.18. The quantitative estimate of drug-likeness (QED) is 0.215. The summed E-state index contributed by atoms with van der Waals surface area (Å²) >= 11 is 0. The van der Waals surface area contributed by atoms with Crippen LogP contribution in [0, 0.1) is 0 Å². The summed E-state index contributed by atoms with van der Waals surface area (Å²) in [6, 6.07) is 34.5. The molecule has 5 aromatic carbocycles. The second-order valence-electron chi connectivity index (χ2n) is 13.4. The number of anilines is 1. The van der Waals surface area contributed by atoms with E-state index in [0.717, 1.165) is 0 Å². The van der Waals surface area contributed by atoms with Gasteiger partial charge in [-0.25, -0.2) is 0 Å². The number of hydrogen-bond donors (Lipinski definition) is 1. The molecule has 1 N–H and O–H groups in total. The van der Waals surface area contributed by atoms with E-state index in [0.29, 0.717) is 12.0 Å². The van der Waals surface area contributed by atoms with Gasteiger partial charge in [0.1, 0.15) is 0 Å². The van der Waals surface area contributed by atoms with Crippen LogP contribution in [0.5, 0.6) is 0 Å². The smallest absolute Gasteiger partial charge is 0.0552 e. The highest BCUT2D eigenvalue weighted by Gasteiger charge is 2.36. The first kappa shape index (κ1) is 27.0. The van der Waals surface area contributed by atoms with Gasteiger partial charge in [0.2, 0.25) is 0 Å². The number of para-hydroxylation sites is 1. The molecule has 0 saturated heterocycles. The van der Waals surface area contributed by atoms with E-state index in [1.54, 1.807) is 0 Å². The molecule has 1 aliphatic heterocycles. The largest absolute Gasteiger partial charge is 0.377 e. The molecule has 2 aliphatic carbocycles. The van der Waals surface area contributed by atoms with Crippen LogP contribution in [0.15, 0.2) is 146 Å². The molecule has 222 valence electrons. The van der Waals surface area contributed by atoms with E-state index in [1.165, 1.54) is 82.9 Å². The SMILES string of the molecule is C=CC1=C(/C=C\C)C(C)(C)c2cc(-n3c4ccccc4c4cc(-c5cc6c(c7ccccc57)NC5C=CC=CC65)ccc43)ccc21. The second-order valence-corrected chi connectivity index (χ2v) is 13.4. The first-order valence-corrected chi connectivity index (χ1v) is 16.4. The lowest BCUT2D eigenvalue weighted by atomic mass is 9.81. The number of rotatable bonds is 4. The Balaban J connectivity index is 1.25. The molecule has 0 bridgehead atoms. The number of benzene rings is 5. The monoisotopic (exact) mass is 592 g/mol. The van der Waals surface area contributed by atoms with Crippen molar-refractivity contribution in [3.05, 3.63) is 162 Å². The van der Waals surface area contributed by atoms with Crippen molar-refractivity contribution in [2.24, 2.45) is 0 Å².